The lowest BCUT2D eigenvalue weighted by Crippen LogP contribution is -2.44. The van der Waals surface area contributed by atoms with Crippen molar-refractivity contribution >= 4 is 5.91 Å². The van der Waals surface area contributed by atoms with Crippen LogP contribution in [0.5, 0.6) is 0 Å². The lowest BCUT2D eigenvalue weighted by Gasteiger charge is -2.26. The number of carbonyl (C=O) groups is 1. The van der Waals surface area contributed by atoms with Crippen LogP contribution in [-0.4, -0.2) is 24.0 Å². The highest BCUT2D eigenvalue weighted by atomic mass is 16.2. The van der Waals surface area contributed by atoms with Crippen LogP contribution in [0.1, 0.15) is 27.9 Å². The minimum atomic E-state index is -0.0371. The number of aryl methyl sites for hydroxylation is 1. The third-order valence-corrected chi connectivity index (χ3v) is 4.15. The van der Waals surface area contributed by atoms with Gasteiger partial charge in [-0.2, -0.15) is 0 Å². The highest BCUT2D eigenvalue weighted by Crippen LogP contribution is 2.15. The molecule has 0 fully saturated rings. The van der Waals surface area contributed by atoms with E-state index in [-0.39, 0.29) is 5.91 Å². The fourth-order valence-electron chi connectivity index (χ4n) is 2.74. The van der Waals surface area contributed by atoms with E-state index in [0.717, 1.165) is 31.5 Å². The number of rotatable bonds is 4. The molecule has 1 aliphatic heterocycles. The minimum Gasteiger partial charge on any atom is -0.284 e. The zero-order chi connectivity index (χ0) is 16.1. The van der Waals surface area contributed by atoms with Gasteiger partial charge in [-0.3, -0.25) is 10.2 Å². The van der Waals surface area contributed by atoms with Gasteiger partial charge in [0.15, 0.2) is 0 Å². The number of carbonyl (C=O) groups excluding carboxylic acids is 1. The number of hydrazine groups is 1. The molecule has 23 heavy (non-hydrogen) atoms. The molecule has 0 radical (unpaired) electrons. The maximum Gasteiger partial charge on any atom is 0.265 e. The molecule has 1 aliphatic rings. The SMILES string of the molecule is Cc1ccc(C(=O)NN2CC=C(Cc3ccccc3)CC2)cc1. The van der Waals surface area contributed by atoms with Crippen molar-refractivity contribution in [3.8, 4) is 0 Å². The summed E-state index contributed by atoms with van der Waals surface area (Å²) in [5, 5.41) is 1.98. The lowest BCUT2D eigenvalue weighted by molar-refractivity contribution is 0.0801. The molecule has 1 heterocycles. The molecule has 0 saturated carbocycles. The third kappa shape index (κ3) is 4.30. The fourth-order valence-corrected chi connectivity index (χ4v) is 2.74. The predicted octanol–water partition coefficient (Wildman–Crippen LogP) is 3.51. The number of hydrogen-bond acceptors (Lipinski definition) is 2. The molecule has 0 aliphatic carbocycles. The average molecular weight is 306 g/mol. The van der Waals surface area contributed by atoms with Crippen LogP contribution in [0, 0.1) is 6.92 Å². The Morgan fingerprint density at radius 2 is 1.83 bits per heavy atom. The Hall–Kier alpha value is -2.39. The Bertz CT molecular complexity index is 689. The van der Waals surface area contributed by atoms with Crippen molar-refractivity contribution in [3.63, 3.8) is 0 Å². The van der Waals surface area contributed by atoms with Gasteiger partial charge >= 0.3 is 0 Å². The van der Waals surface area contributed by atoms with Gasteiger partial charge in [-0.05, 0) is 37.5 Å². The first-order chi connectivity index (χ1) is 11.2. The van der Waals surface area contributed by atoms with E-state index in [2.05, 4.69) is 35.8 Å². The number of hydrogen-bond donors (Lipinski definition) is 1. The molecule has 3 nitrogen and oxygen atoms in total. The van der Waals surface area contributed by atoms with Crippen LogP contribution in [0.3, 0.4) is 0 Å². The zero-order valence-electron chi connectivity index (χ0n) is 13.5. The largest absolute Gasteiger partial charge is 0.284 e. The van der Waals surface area contributed by atoms with Gasteiger partial charge < -0.3 is 0 Å². The van der Waals surface area contributed by atoms with Crippen LogP contribution >= 0.6 is 0 Å². The summed E-state index contributed by atoms with van der Waals surface area (Å²) in [6, 6.07) is 18.2. The molecule has 118 valence electrons. The van der Waals surface area contributed by atoms with E-state index in [4.69, 9.17) is 0 Å². The van der Waals surface area contributed by atoms with Crippen LogP contribution in [0.15, 0.2) is 66.2 Å². The fraction of sp³-hybridized carbons (Fsp3) is 0.250. The minimum absolute atomic E-state index is 0.0371. The maximum absolute atomic E-state index is 12.2. The molecular formula is C20H22N2O. The molecule has 0 aromatic heterocycles. The van der Waals surface area contributed by atoms with Gasteiger partial charge in [0.1, 0.15) is 0 Å². The zero-order valence-corrected chi connectivity index (χ0v) is 13.5. The van der Waals surface area contributed by atoms with Gasteiger partial charge in [-0.15, -0.1) is 0 Å². The van der Waals surface area contributed by atoms with Gasteiger partial charge in [0.05, 0.1) is 0 Å². The molecule has 0 spiro atoms. The molecule has 2 aromatic carbocycles. The van der Waals surface area contributed by atoms with Gasteiger partial charge in [0.25, 0.3) is 5.91 Å². The topological polar surface area (TPSA) is 32.3 Å². The van der Waals surface area contributed by atoms with Crippen molar-refractivity contribution < 1.29 is 4.79 Å². The second-order valence-electron chi connectivity index (χ2n) is 6.03. The van der Waals surface area contributed by atoms with E-state index < -0.39 is 0 Å². The van der Waals surface area contributed by atoms with Crippen LogP contribution in [0.4, 0.5) is 0 Å². The summed E-state index contributed by atoms with van der Waals surface area (Å²) in [4.78, 5) is 12.2. The van der Waals surface area contributed by atoms with Gasteiger partial charge in [-0.25, -0.2) is 5.01 Å². The molecule has 2 aromatic rings. The Labute approximate surface area is 137 Å². The number of benzene rings is 2. The summed E-state index contributed by atoms with van der Waals surface area (Å²) < 4.78 is 0. The van der Waals surface area contributed by atoms with E-state index in [9.17, 15) is 4.79 Å². The van der Waals surface area contributed by atoms with Crippen LogP contribution in [-0.2, 0) is 6.42 Å². The summed E-state index contributed by atoms with van der Waals surface area (Å²) in [5.41, 5.74) is 7.64. The molecule has 0 atom stereocenters. The molecule has 3 rings (SSSR count). The smallest absolute Gasteiger partial charge is 0.265 e. The number of nitrogens with one attached hydrogen (secondary N) is 1. The van der Waals surface area contributed by atoms with E-state index in [1.807, 2.05) is 42.3 Å². The van der Waals surface area contributed by atoms with Crippen LogP contribution in [0.25, 0.3) is 0 Å². The van der Waals surface area contributed by atoms with Crippen LogP contribution in [0.2, 0.25) is 0 Å². The van der Waals surface area contributed by atoms with Crippen molar-refractivity contribution in [2.24, 2.45) is 0 Å². The first kappa shape index (κ1) is 15.5. The Morgan fingerprint density at radius 3 is 2.48 bits per heavy atom. The monoisotopic (exact) mass is 306 g/mol. The van der Waals surface area contributed by atoms with Crippen molar-refractivity contribution in [1.29, 1.82) is 0 Å². The summed E-state index contributed by atoms with van der Waals surface area (Å²) in [7, 11) is 0. The van der Waals surface area contributed by atoms with E-state index >= 15 is 0 Å². The highest BCUT2D eigenvalue weighted by Gasteiger charge is 2.15. The summed E-state index contributed by atoms with van der Waals surface area (Å²) in [5.74, 6) is -0.0371. The van der Waals surface area contributed by atoms with Gasteiger partial charge in [0, 0.05) is 18.7 Å². The molecule has 0 saturated heterocycles. The second-order valence-corrected chi connectivity index (χ2v) is 6.03. The average Bonchev–Trinajstić information content (AvgIpc) is 2.58. The molecule has 3 heteroatoms. The molecular weight excluding hydrogens is 284 g/mol. The van der Waals surface area contributed by atoms with E-state index in [1.165, 1.54) is 11.1 Å². The molecule has 0 unspecified atom stereocenters. The summed E-state index contributed by atoms with van der Waals surface area (Å²) >= 11 is 0. The standard InChI is InChI=1S/C20H22N2O/c1-16-7-9-19(10-8-16)20(23)21-22-13-11-18(12-14-22)15-17-5-3-2-4-6-17/h2-11H,12-15H2,1H3,(H,21,23). The lowest BCUT2D eigenvalue weighted by atomic mass is 10.0. The van der Waals surface area contributed by atoms with Crippen LogP contribution < -0.4 is 5.43 Å². The highest BCUT2D eigenvalue weighted by molar-refractivity contribution is 5.93. The number of amides is 1. The maximum atomic E-state index is 12.2. The van der Waals surface area contributed by atoms with Crippen molar-refractivity contribution in [3.05, 3.63) is 82.9 Å². The first-order valence-corrected chi connectivity index (χ1v) is 8.05. The summed E-state index contributed by atoms with van der Waals surface area (Å²) in [6.07, 6.45) is 4.22. The molecule has 0 bridgehead atoms. The van der Waals surface area contributed by atoms with E-state index in [0.29, 0.717) is 5.56 Å². The van der Waals surface area contributed by atoms with Gasteiger partial charge in [-0.1, -0.05) is 59.7 Å². The van der Waals surface area contributed by atoms with E-state index in [1.54, 1.807) is 0 Å². The normalized spacial score (nSPS) is 15.1. The number of nitrogens with zero attached hydrogens (tertiary/aromatic N) is 1. The molecule has 1 amide bonds. The predicted molar refractivity (Wildman–Crippen MR) is 93.1 cm³/mol. The quantitative estimate of drug-likeness (QED) is 0.877. The van der Waals surface area contributed by atoms with Gasteiger partial charge in [0.2, 0.25) is 0 Å². The van der Waals surface area contributed by atoms with Crippen molar-refractivity contribution in [1.82, 2.24) is 10.4 Å². The van der Waals surface area contributed by atoms with Crippen molar-refractivity contribution in [2.75, 3.05) is 13.1 Å². The third-order valence-electron chi connectivity index (χ3n) is 4.15. The Kier molecular flexibility index (Phi) is 4.89. The first-order valence-electron chi connectivity index (χ1n) is 8.05. The Morgan fingerprint density at radius 1 is 1.09 bits per heavy atom. The van der Waals surface area contributed by atoms with Crippen molar-refractivity contribution in [2.45, 2.75) is 19.8 Å². The Balaban J connectivity index is 1.54. The summed E-state index contributed by atoms with van der Waals surface area (Å²) in [6.45, 7) is 3.64. The molecule has 1 N–H and O–H groups in total. The second kappa shape index (κ2) is 7.25.